The highest BCUT2D eigenvalue weighted by molar-refractivity contribution is 6.33. The van der Waals surface area contributed by atoms with Crippen LogP contribution in [0.3, 0.4) is 0 Å². The van der Waals surface area contributed by atoms with Crippen LogP contribution in [0.4, 0.5) is 4.39 Å². The average Bonchev–Trinajstić information content (AvgIpc) is 2.31. The second-order valence-electron chi connectivity index (χ2n) is 4.11. The Kier molecular flexibility index (Phi) is 3.64. The Labute approximate surface area is 110 Å². The number of benzene rings is 2. The summed E-state index contributed by atoms with van der Waals surface area (Å²) in [5.74, 6) is -0.345. The largest absolute Gasteiger partial charge is 0.207 e. The van der Waals surface area contributed by atoms with E-state index < -0.39 is 0 Å². The molecule has 0 heterocycles. The quantitative estimate of drug-likeness (QED) is 0.778. The first-order valence-corrected chi connectivity index (χ1v) is 5.91. The van der Waals surface area contributed by atoms with E-state index in [1.807, 2.05) is 25.1 Å². The minimum absolute atomic E-state index is 0.345. The Bertz CT molecular complexity index is 629. The van der Waals surface area contributed by atoms with E-state index in [1.165, 1.54) is 12.1 Å². The molecule has 0 radical (unpaired) electrons. The van der Waals surface area contributed by atoms with E-state index in [4.69, 9.17) is 16.9 Å². The van der Waals surface area contributed by atoms with Gasteiger partial charge in [0.05, 0.1) is 17.5 Å². The van der Waals surface area contributed by atoms with Gasteiger partial charge in [0.15, 0.2) is 0 Å². The maximum absolute atomic E-state index is 13.0. The smallest absolute Gasteiger partial charge is 0.124 e. The molecule has 0 fully saturated rings. The van der Waals surface area contributed by atoms with Crippen LogP contribution >= 0.6 is 11.6 Å². The van der Waals surface area contributed by atoms with Gasteiger partial charge in [-0.3, -0.25) is 0 Å². The standard InChI is InChI=1S/C15H11ClFN/c1-10-8-11(6-7-18)2-4-13(10)14-5-3-12(17)9-15(14)16/h2-5,8-9H,6H2,1H3. The fourth-order valence-corrected chi connectivity index (χ4v) is 2.21. The molecule has 0 aliphatic rings. The van der Waals surface area contributed by atoms with Crippen molar-refractivity contribution in [1.29, 1.82) is 5.26 Å². The SMILES string of the molecule is Cc1cc(CC#N)ccc1-c1ccc(F)cc1Cl. The fraction of sp³-hybridized carbons (Fsp3) is 0.133. The van der Waals surface area contributed by atoms with Crippen LogP contribution in [0.15, 0.2) is 36.4 Å². The van der Waals surface area contributed by atoms with E-state index in [9.17, 15) is 4.39 Å². The Morgan fingerprint density at radius 3 is 2.50 bits per heavy atom. The van der Waals surface area contributed by atoms with Crippen LogP contribution in [0.2, 0.25) is 5.02 Å². The van der Waals surface area contributed by atoms with Gasteiger partial charge in [-0.15, -0.1) is 0 Å². The molecule has 0 N–H and O–H groups in total. The van der Waals surface area contributed by atoms with E-state index in [0.29, 0.717) is 11.4 Å². The summed E-state index contributed by atoms with van der Waals surface area (Å²) in [6, 6.07) is 12.3. The van der Waals surface area contributed by atoms with Crippen LogP contribution in [0.5, 0.6) is 0 Å². The number of halogens is 2. The lowest BCUT2D eigenvalue weighted by Crippen LogP contribution is -1.89. The van der Waals surface area contributed by atoms with Crippen molar-refractivity contribution in [3.05, 3.63) is 58.4 Å². The summed E-state index contributed by atoms with van der Waals surface area (Å²) in [4.78, 5) is 0. The third-order valence-electron chi connectivity index (χ3n) is 2.80. The summed E-state index contributed by atoms with van der Waals surface area (Å²) >= 11 is 6.04. The summed E-state index contributed by atoms with van der Waals surface area (Å²) in [6.45, 7) is 1.95. The minimum atomic E-state index is -0.345. The zero-order valence-electron chi connectivity index (χ0n) is 9.87. The highest BCUT2D eigenvalue weighted by Gasteiger charge is 2.08. The first kappa shape index (κ1) is 12.6. The van der Waals surface area contributed by atoms with E-state index >= 15 is 0 Å². The molecular formula is C15H11ClFN. The molecule has 0 spiro atoms. The van der Waals surface area contributed by atoms with Crippen molar-refractivity contribution >= 4 is 11.6 Å². The first-order chi connectivity index (χ1) is 8.61. The Balaban J connectivity index is 2.48. The van der Waals surface area contributed by atoms with Gasteiger partial charge in [0.25, 0.3) is 0 Å². The zero-order valence-corrected chi connectivity index (χ0v) is 10.6. The molecule has 1 nitrogen and oxygen atoms in total. The molecule has 0 aliphatic carbocycles. The molecule has 0 unspecified atom stereocenters. The topological polar surface area (TPSA) is 23.8 Å². The summed E-state index contributed by atoms with van der Waals surface area (Å²) in [5.41, 5.74) is 3.76. The van der Waals surface area contributed by atoms with E-state index in [-0.39, 0.29) is 5.82 Å². The van der Waals surface area contributed by atoms with Gasteiger partial charge in [-0.1, -0.05) is 29.8 Å². The lowest BCUT2D eigenvalue weighted by Gasteiger charge is -2.09. The Morgan fingerprint density at radius 2 is 1.89 bits per heavy atom. The minimum Gasteiger partial charge on any atom is -0.207 e. The normalized spacial score (nSPS) is 10.1. The molecule has 0 bridgehead atoms. The van der Waals surface area contributed by atoms with Crippen LogP contribution in [0, 0.1) is 24.1 Å². The number of hydrogen-bond acceptors (Lipinski definition) is 1. The average molecular weight is 260 g/mol. The van der Waals surface area contributed by atoms with Crippen molar-refractivity contribution in [1.82, 2.24) is 0 Å². The number of aryl methyl sites for hydroxylation is 1. The van der Waals surface area contributed by atoms with Crippen LogP contribution in [-0.4, -0.2) is 0 Å². The molecule has 2 aromatic rings. The molecule has 3 heteroatoms. The van der Waals surface area contributed by atoms with Gasteiger partial charge in [-0.25, -0.2) is 4.39 Å². The Morgan fingerprint density at radius 1 is 1.17 bits per heavy atom. The van der Waals surface area contributed by atoms with Gasteiger partial charge < -0.3 is 0 Å². The van der Waals surface area contributed by atoms with Gasteiger partial charge in [-0.05, 0) is 41.8 Å². The van der Waals surface area contributed by atoms with Crippen molar-refractivity contribution in [2.45, 2.75) is 13.3 Å². The number of nitrogens with zero attached hydrogens (tertiary/aromatic N) is 1. The third kappa shape index (κ3) is 2.52. The van der Waals surface area contributed by atoms with E-state index in [0.717, 1.165) is 22.3 Å². The maximum Gasteiger partial charge on any atom is 0.124 e. The van der Waals surface area contributed by atoms with Gasteiger partial charge in [0, 0.05) is 5.56 Å². The second-order valence-corrected chi connectivity index (χ2v) is 4.52. The van der Waals surface area contributed by atoms with Gasteiger partial charge in [0.1, 0.15) is 5.82 Å². The van der Waals surface area contributed by atoms with Crippen molar-refractivity contribution in [3.8, 4) is 17.2 Å². The van der Waals surface area contributed by atoms with Crippen LogP contribution in [-0.2, 0) is 6.42 Å². The predicted octanol–water partition coefficient (Wildman–Crippen LogP) is 4.52. The molecule has 2 aromatic carbocycles. The van der Waals surface area contributed by atoms with E-state index in [2.05, 4.69) is 6.07 Å². The lowest BCUT2D eigenvalue weighted by atomic mass is 9.97. The lowest BCUT2D eigenvalue weighted by molar-refractivity contribution is 0.628. The second kappa shape index (κ2) is 5.20. The Hall–Kier alpha value is -1.85. The number of nitriles is 1. The molecule has 0 saturated heterocycles. The van der Waals surface area contributed by atoms with Crippen LogP contribution in [0.1, 0.15) is 11.1 Å². The molecule has 0 atom stereocenters. The zero-order chi connectivity index (χ0) is 13.1. The third-order valence-corrected chi connectivity index (χ3v) is 3.11. The summed E-state index contributed by atoms with van der Waals surface area (Å²) in [7, 11) is 0. The molecular weight excluding hydrogens is 249 g/mol. The molecule has 0 saturated carbocycles. The maximum atomic E-state index is 13.0. The highest BCUT2D eigenvalue weighted by atomic mass is 35.5. The summed E-state index contributed by atoms with van der Waals surface area (Å²) < 4.78 is 13.0. The predicted molar refractivity (Wildman–Crippen MR) is 70.9 cm³/mol. The van der Waals surface area contributed by atoms with Crippen molar-refractivity contribution in [3.63, 3.8) is 0 Å². The van der Waals surface area contributed by atoms with Gasteiger partial charge in [-0.2, -0.15) is 5.26 Å². The molecule has 0 aliphatic heterocycles. The van der Waals surface area contributed by atoms with E-state index in [1.54, 1.807) is 6.07 Å². The number of hydrogen-bond donors (Lipinski definition) is 0. The summed E-state index contributed by atoms with van der Waals surface area (Å²) in [5, 5.41) is 9.05. The van der Waals surface area contributed by atoms with Crippen LogP contribution in [0.25, 0.3) is 11.1 Å². The fourth-order valence-electron chi connectivity index (χ4n) is 1.94. The summed E-state index contributed by atoms with van der Waals surface area (Å²) in [6.07, 6.45) is 0.387. The van der Waals surface area contributed by atoms with Crippen molar-refractivity contribution in [2.75, 3.05) is 0 Å². The first-order valence-electron chi connectivity index (χ1n) is 5.53. The molecule has 0 amide bonds. The highest BCUT2D eigenvalue weighted by Crippen LogP contribution is 2.31. The van der Waals surface area contributed by atoms with Gasteiger partial charge in [0.2, 0.25) is 0 Å². The van der Waals surface area contributed by atoms with Crippen molar-refractivity contribution < 1.29 is 4.39 Å². The monoisotopic (exact) mass is 259 g/mol. The molecule has 2 rings (SSSR count). The number of rotatable bonds is 2. The van der Waals surface area contributed by atoms with Crippen molar-refractivity contribution in [2.24, 2.45) is 0 Å². The van der Waals surface area contributed by atoms with Crippen LogP contribution < -0.4 is 0 Å². The van der Waals surface area contributed by atoms with Gasteiger partial charge >= 0.3 is 0 Å². The molecule has 18 heavy (non-hydrogen) atoms. The molecule has 0 aromatic heterocycles. The molecule has 90 valence electrons.